The van der Waals surface area contributed by atoms with Gasteiger partial charge in [-0.15, -0.1) is 0 Å². The molecule has 0 rings (SSSR count). The molecule has 0 saturated carbocycles. The molecular weight excluding hydrogens is 262 g/mol. The van der Waals surface area contributed by atoms with E-state index in [1.165, 1.54) is 14.1 Å². The number of likely N-dealkylation sites (N-methyl/N-ethyl adjacent to an activating group) is 1. The van der Waals surface area contributed by atoms with E-state index in [-0.39, 0.29) is 6.08 Å². The zero-order chi connectivity index (χ0) is 14.1. The first-order valence-corrected chi connectivity index (χ1v) is 4.17. The van der Waals surface area contributed by atoms with Crippen LogP contribution in [0, 0.1) is 0 Å². The smallest absolute Gasteiger partial charge is 0.306 e. The Hall–Kier alpha value is -0.860. The number of hydrogen-bond acceptors (Lipinski definition) is 1. The molecule has 0 saturated heterocycles. The van der Waals surface area contributed by atoms with Crippen molar-refractivity contribution in [3.63, 3.8) is 0 Å². The molecule has 0 atom stereocenters. The molecule has 0 radical (unpaired) electrons. The lowest BCUT2D eigenvalue weighted by Crippen LogP contribution is -2.52. The minimum atomic E-state index is -6.53. The van der Waals surface area contributed by atoms with Gasteiger partial charge in [-0.3, -0.25) is 0 Å². The number of rotatable bonds is 4. The number of halogens is 8. The Bertz CT molecular complexity index is 290. The van der Waals surface area contributed by atoms with Crippen molar-refractivity contribution in [2.45, 2.75) is 18.0 Å². The molecule has 17 heavy (non-hydrogen) atoms. The molecule has 0 aromatic carbocycles. The molecule has 1 nitrogen and oxygen atoms in total. The molecule has 0 heterocycles. The minimum Gasteiger partial charge on any atom is -0.306 e. The normalized spacial score (nSPS) is 15.6. The van der Waals surface area contributed by atoms with Gasteiger partial charge in [-0.25, -0.2) is 4.39 Å². The Balaban J connectivity index is 5.20. The molecule has 0 unspecified atom stereocenters. The maximum atomic E-state index is 12.7. The van der Waals surface area contributed by atoms with Gasteiger partial charge in [-0.2, -0.15) is 30.7 Å². The highest BCUT2D eigenvalue weighted by Crippen LogP contribution is 2.49. The zero-order valence-corrected chi connectivity index (χ0v) is 8.76. The van der Waals surface area contributed by atoms with E-state index in [0.29, 0.717) is 0 Å². The first-order valence-electron chi connectivity index (χ1n) is 4.17. The summed E-state index contributed by atoms with van der Waals surface area (Å²) >= 11 is 0. The first-order chi connectivity index (χ1) is 7.34. The summed E-state index contributed by atoms with van der Waals surface area (Å²) in [5.74, 6) is -15.2. The van der Waals surface area contributed by atoms with E-state index in [9.17, 15) is 35.1 Å². The van der Waals surface area contributed by atoms with Crippen LogP contribution in [0.15, 0.2) is 11.9 Å². The average molecular weight is 271 g/mol. The number of allylic oxidation sites excluding steroid dienone is 1. The Morgan fingerprint density at radius 3 is 1.71 bits per heavy atom. The second kappa shape index (κ2) is 4.79. The van der Waals surface area contributed by atoms with Crippen molar-refractivity contribution >= 4 is 0 Å². The molecule has 0 amide bonds. The van der Waals surface area contributed by atoms with Crippen molar-refractivity contribution in [2.75, 3.05) is 20.6 Å². The molecule has 0 spiro atoms. The fourth-order valence-electron chi connectivity index (χ4n) is 0.719. The quantitative estimate of drug-likeness (QED) is 0.709. The van der Waals surface area contributed by atoms with Crippen molar-refractivity contribution in [1.82, 2.24) is 4.90 Å². The Morgan fingerprint density at radius 2 is 1.41 bits per heavy atom. The van der Waals surface area contributed by atoms with Gasteiger partial charge in [0.15, 0.2) is 5.83 Å². The van der Waals surface area contributed by atoms with Gasteiger partial charge in [-0.1, -0.05) is 0 Å². The van der Waals surface area contributed by atoms with Crippen LogP contribution in [0.4, 0.5) is 35.1 Å². The largest absolute Gasteiger partial charge is 0.460 e. The highest BCUT2D eigenvalue weighted by Gasteiger charge is 2.74. The van der Waals surface area contributed by atoms with Crippen molar-refractivity contribution in [2.24, 2.45) is 0 Å². The molecule has 0 aromatic heterocycles. The molecule has 0 aliphatic rings. The van der Waals surface area contributed by atoms with Crippen LogP contribution in [-0.4, -0.2) is 43.6 Å². The molecule has 0 aliphatic carbocycles. The lowest BCUT2D eigenvalue weighted by molar-refractivity contribution is -0.347. The van der Waals surface area contributed by atoms with Gasteiger partial charge in [-0.05, 0) is 20.2 Å². The Kier molecular flexibility index (Phi) is 4.55. The lowest BCUT2D eigenvalue weighted by atomic mass is 10.1. The van der Waals surface area contributed by atoms with E-state index < -0.39 is 30.4 Å². The van der Waals surface area contributed by atoms with E-state index >= 15 is 0 Å². The van der Waals surface area contributed by atoms with Crippen molar-refractivity contribution in [1.29, 1.82) is 0 Å². The van der Waals surface area contributed by atoms with E-state index in [0.717, 1.165) is 4.90 Å². The molecule has 0 N–H and O–H groups in total. The third-order valence-corrected chi connectivity index (χ3v) is 1.69. The number of nitrogens with zero attached hydrogens (tertiary/aromatic N) is 1. The predicted molar refractivity (Wildman–Crippen MR) is 43.7 cm³/mol. The third kappa shape index (κ3) is 3.30. The Morgan fingerprint density at radius 1 is 1.00 bits per heavy atom. The summed E-state index contributed by atoms with van der Waals surface area (Å²) in [5.41, 5.74) is 0. The third-order valence-electron chi connectivity index (χ3n) is 1.69. The lowest BCUT2D eigenvalue weighted by Gasteiger charge is -2.27. The van der Waals surface area contributed by atoms with E-state index in [4.69, 9.17) is 0 Å². The molecule has 0 fully saturated rings. The van der Waals surface area contributed by atoms with Crippen LogP contribution in [0.1, 0.15) is 0 Å². The summed E-state index contributed by atoms with van der Waals surface area (Å²) in [6.45, 7) is -0.532. The molecule has 0 aliphatic heterocycles. The monoisotopic (exact) mass is 271 g/mol. The van der Waals surface area contributed by atoms with Crippen LogP contribution >= 0.6 is 0 Å². The van der Waals surface area contributed by atoms with E-state index in [2.05, 4.69) is 0 Å². The van der Waals surface area contributed by atoms with Gasteiger partial charge in [0.05, 0.1) is 0 Å². The zero-order valence-electron chi connectivity index (χ0n) is 8.76. The van der Waals surface area contributed by atoms with Crippen LogP contribution in [0.2, 0.25) is 0 Å². The van der Waals surface area contributed by atoms with E-state index in [1.54, 1.807) is 0 Å². The second-order valence-electron chi connectivity index (χ2n) is 3.46. The topological polar surface area (TPSA) is 3.24 Å². The summed E-state index contributed by atoms with van der Waals surface area (Å²) in [6, 6.07) is 0. The van der Waals surface area contributed by atoms with E-state index in [1.807, 2.05) is 0 Å². The van der Waals surface area contributed by atoms with Crippen LogP contribution in [-0.2, 0) is 0 Å². The summed E-state index contributed by atoms with van der Waals surface area (Å²) in [5, 5.41) is 0. The van der Waals surface area contributed by atoms with Crippen LogP contribution < -0.4 is 0 Å². The average Bonchev–Trinajstić information content (AvgIpc) is 2.11. The van der Waals surface area contributed by atoms with Gasteiger partial charge in [0.25, 0.3) is 0 Å². The maximum Gasteiger partial charge on any atom is 0.460 e. The number of alkyl halides is 7. The van der Waals surface area contributed by atoms with Gasteiger partial charge < -0.3 is 4.90 Å². The highest BCUT2D eigenvalue weighted by atomic mass is 19.4. The van der Waals surface area contributed by atoms with Gasteiger partial charge in [0, 0.05) is 6.54 Å². The number of hydrogen-bond donors (Lipinski definition) is 0. The molecule has 0 aromatic rings. The summed E-state index contributed by atoms with van der Waals surface area (Å²) in [7, 11) is 2.59. The minimum absolute atomic E-state index is 0.0281. The highest BCUT2D eigenvalue weighted by molar-refractivity contribution is 5.13. The standard InChI is InChI=1S/C8H9F8N/c1-17(2)4-3-5(9)6(10,11)7(12,13)8(14,15)16/h3H,4H2,1-2H3. The van der Waals surface area contributed by atoms with Gasteiger partial charge in [0.2, 0.25) is 0 Å². The molecular formula is C8H9F8N. The van der Waals surface area contributed by atoms with Crippen molar-refractivity contribution < 1.29 is 35.1 Å². The van der Waals surface area contributed by atoms with Crippen molar-refractivity contribution in [3.05, 3.63) is 11.9 Å². The Labute approximate surface area is 91.7 Å². The molecule has 9 heteroatoms. The predicted octanol–water partition coefficient (Wildman–Crippen LogP) is 3.23. The molecule has 0 bridgehead atoms. The molecule has 102 valence electrons. The first kappa shape index (κ1) is 16.1. The second-order valence-corrected chi connectivity index (χ2v) is 3.46. The van der Waals surface area contributed by atoms with Crippen LogP contribution in [0.3, 0.4) is 0 Å². The van der Waals surface area contributed by atoms with Gasteiger partial charge >= 0.3 is 18.0 Å². The van der Waals surface area contributed by atoms with Crippen molar-refractivity contribution in [3.8, 4) is 0 Å². The van der Waals surface area contributed by atoms with Gasteiger partial charge in [0.1, 0.15) is 0 Å². The fourth-order valence-corrected chi connectivity index (χ4v) is 0.719. The fraction of sp³-hybridized carbons (Fsp3) is 0.750. The summed E-state index contributed by atoms with van der Waals surface area (Å²) in [4.78, 5) is 1.11. The summed E-state index contributed by atoms with van der Waals surface area (Å²) < 4.78 is 97.5. The van der Waals surface area contributed by atoms with Crippen LogP contribution in [0.25, 0.3) is 0 Å². The maximum absolute atomic E-state index is 12.7. The summed E-state index contributed by atoms with van der Waals surface area (Å²) in [6.07, 6.45) is -6.56. The SMILES string of the molecule is CN(C)CC=C(F)C(F)(F)C(F)(F)C(F)(F)F. The van der Waals surface area contributed by atoms with Crippen LogP contribution in [0.5, 0.6) is 0 Å².